The Labute approximate surface area is 168 Å². The number of ether oxygens (including phenoxy) is 1. The van der Waals surface area contributed by atoms with E-state index in [1.165, 1.54) is 5.56 Å². The van der Waals surface area contributed by atoms with Gasteiger partial charge in [0.05, 0.1) is 24.6 Å². The molecule has 0 aliphatic carbocycles. The summed E-state index contributed by atoms with van der Waals surface area (Å²) in [7, 11) is 1.67. The van der Waals surface area contributed by atoms with Crippen molar-refractivity contribution in [1.29, 1.82) is 0 Å². The number of aromatic amines is 1. The van der Waals surface area contributed by atoms with Gasteiger partial charge in [-0.3, -0.25) is 4.79 Å². The highest BCUT2D eigenvalue weighted by Crippen LogP contribution is 2.27. The van der Waals surface area contributed by atoms with Gasteiger partial charge in [0.2, 0.25) is 0 Å². The van der Waals surface area contributed by atoms with Gasteiger partial charge in [0.1, 0.15) is 11.6 Å². The van der Waals surface area contributed by atoms with Gasteiger partial charge in [0.25, 0.3) is 5.56 Å². The van der Waals surface area contributed by atoms with Crippen LogP contribution in [0.4, 0.5) is 0 Å². The van der Waals surface area contributed by atoms with E-state index in [4.69, 9.17) is 4.74 Å². The second-order valence-electron chi connectivity index (χ2n) is 6.14. The minimum Gasteiger partial charge on any atom is -0.496 e. The number of methoxy groups -OCH3 is 1. The molecule has 136 valence electrons. The molecule has 3 aromatic rings. The lowest BCUT2D eigenvalue weighted by Gasteiger charge is -2.18. The first-order valence-electron chi connectivity index (χ1n) is 8.15. The average Bonchev–Trinajstić information content (AvgIpc) is 2.60. The highest BCUT2D eigenvalue weighted by atomic mass is 79.9. The van der Waals surface area contributed by atoms with E-state index in [0.29, 0.717) is 23.3 Å². The van der Waals surface area contributed by atoms with Gasteiger partial charge < -0.3 is 15.0 Å². The van der Waals surface area contributed by atoms with Crippen LogP contribution in [0.3, 0.4) is 0 Å². The highest BCUT2D eigenvalue weighted by molar-refractivity contribution is 9.11. The summed E-state index contributed by atoms with van der Waals surface area (Å²) >= 11 is 6.87. The first-order valence-corrected chi connectivity index (χ1v) is 9.73. The summed E-state index contributed by atoms with van der Waals surface area (Å²) < 4.78 is 7.06. The van der Waals surface area contributed by atoms with Crippen molar-refractivity contribution >= 4 is 42.8 Å². The zero-order valence-corrected chi connectivity index (χ0v) is 17.9. The van der Waals surface area contributed by atoms with Gasteiger partial charge in [-0.05, 0) is 48.0 Å². The van der Waals surface area contributed by atoms with Crippen molar-refractivity contribution < 1.29 is 4.74 Å². The molecule has 0 saturated heterocycles. The zero-order valence-electron chi connectivity index (χ0n) is 14.7. The maximum atomic E-state index is 12.4. The Morgan fingerprint density at radius 3 is 2.77 bits per heavy atom. The molecule has 0 aliphatic rings. The van der Waals surface area contributed by atoms with Crippen LogP contribution in [0.15, 0.2) is 44.1 Å². The van der Waals surface area contributed by atoms with E-state index >= 15 is 0 Å². The van der Waals surface area contributed by atoms with Crippen LogP contribution in [0.25, 0.3) is 10.9 Å². The normalized spacial score (nSPS) is 12.3. The van der Waals surface area contributed by atoms with E-state index in [2.05, 4.69) is 60.1 Å². The average molecular weight is 481 g/mol. The van der Waals surface area contributed by atoms with E-state index in [-0.39, 0.29) is 11.6 Å². The SMILES string of the molecule is COc1ccc(C)cc1C(C)NCc1nc2c(Br)cc(Br)cc2c(=O)[nH]1. The standard InChI is InChI=1S/C19H19Br2N3O2/c1-10-4-5-16(26-3)13(6-10)11(2)22-9-17-23-18-14(19(25)24-17)7-12(20)8-15(18)21/h4-8,11,22H,9H2,1-3H3,(H,23,24,25). The van der Waals surface area contributed by atoms with E-state index < -0.39 is 0 Å². The Hall–Kier alpha value is -1.70. The van der Waals surface area contributed by atoms with Gasteiger partial charge in [-0.15, -0.1) is 0 Å². The molecule has 1 atom stereocenters. The summed E-state index contributed by atoms with van der Waals surface area (Å²) in [5.74, 6) is 1.42. The molecule has 3 rings (SSSR count). The van der Waals surface area contributed by atoms with Crippen LogP contribution in [0.5, 0.6) is 5.75 Å². The largest absolute Gasteiger partial charge is 0.496 e. The van der Waals surface area contributed by atoms with Crippen molar-refractivity contribution in [1.82, 2.24) is 15.3 Å². The lowest BCUT2D eigenvalue weighted by molar-refractivity contribution is 0.401. The Bertz CT molecular complexity index is 1020. The molecule has 0 radical (unpaired) electrons. The van der Waals surface area contributed by atoms with Gasteiger partial charge >= 0.3 is 0 Å². The molecule has 2 N–H and O–H groups in total. The van der Waals surface area contributed by atoms with Crippen LogP contribution in [0.1, 0.15) is 29.9 Å². The van der Waals surface area contributed by atoms with Gasteiger partial charge in [0.15, 0.2) is 0 Å². The second kappa shape index (κ2) is 7.90. The van der Waals surface area contributed by atoms with Gasteiger partial charge in [0, 0.05) is 20.6 Å². The van der Waals surface area contributed by atoms with Crippen molar-refractivity contribution in [2.24, 2.45) is 0 Å². The van der Waals surface area contributed by atoms with Gasteiger partial charge in [-0.2, -0.15) is 0 Å². The number of fused-ring (bicyclic) bond motifs is 1. The van der Waals surface area contributed by atoms with E-state index in [1.807, 2.05) is 25.1 Å². The third kappa shape index (κ3) is 4.00. The number of nitrogens with one attached hydrogen (secondary N) is 2. The minimum atomic E-state index is -0.158. The maximum Gasteiger partial charge on any atom is 0.258 e. The van der Waals surface area contributed by atoms with Gasteiger partial charge in [-0.1, -0.05) is 33.6 Å². The summed E-state index contributed by atoms with van der Waals surface area (Å²) in [6.07, 6.45) is 0. The van der Waals surface area contributed by atoms with Gasteiger partial charge in [-0.25, -0.2) is 4.98 Å². The van der Waals surface area contributed by atoms with Crippen LogP contribution in [-0.2, 0) is 6.54 Å². The molecule has 1 unspecified atom stereocenters. The summed E-state index contributed by atoms with van der Waals surface area (Å²) in [6, 6.07) is 9.77. The lowest BCUT2D eigenvalue weighted by atomic mass is 10.0. The summed E-state index contributed by atoms with van der Waals surface area (Å²) in [4.78, 5) is 19.8. The zero-order chi connectivity index (χ0) is 18.8. The Kier molecular flexibility index (Phi) is 5.79. The number of aromatic nitrogens is 2. The number of aryl methyl sites for hydroxylation is 1. The third-order valence-electron chi connectivity index (χ3n) is 4.20. The molecule has 0 fully saturated rings. The molecule has 7 heteroatoms. The Morgan fingerprint density at radius 2 is 2.04 bits per heavy atom. The second-order valence-corrected chi connectivity index (χ2v) is 7.91. The molecule has 0 amide bonds. The number of hydrogen-bond donors (Lipinski definition) is 2. The van der Waals surface area contributed by atoms with Crippen LogP contribution in [-0.4, -0.2) is 17.1 Å². The fourth-order valence-corrected chi connectivity index (χ4v) is 4.16. The molecule has 2 aromatic carbocycles. The lowest BCUT2D eigenvalue weighted by Crippen LogP contribution is -2.22. The molecule has 0 bridgehead atoms. The van der Waals surface area contributed by atoms with Crippen LogP contribution >= 0.6 is 31.9 Å². The first kappa shape index (κ1) is 19.1. The predicted molar refractivity (Wildman–Crippen MR) is 111 cm³/mol. The maximum absolute atomic E-state index is 12.4. The fourth-order valence-electron chi connectivity index (χ4n) is 2.85. The molecule has 0 aliphatic heterocycles. The van der Waals surface area contributed by atoms with Crippen LogP contribution in [0, 0.1) is 6.92 Å². The fraction of sp³-hybridized carbons (Fsp3) is 0.263. The third-order valence-corrected chi connectivity index (χ3v) is 5.27. The topological polar surface area (TPSA) is 67.0 Å². The molecule has 1 heterocycles. The molecular weight excluding hydrogens is 462 g/mol. The molecule has 26 heavy (non-hydrogen) atoms. The Balaban J connectivity index is 1.86. The predicted octanol–water partition coefficient (Wildman–Crippen LogP) is 4.62. The molecular formula is C19H19Br2N3O2. The Morgan fingerprint density at radius 1 is 1.27 bits per heavy atom. The summed E-state index contributed by atoms with van der Waals surface area (Å²) in [6.45, 7) is 4.54. The number of rotatable bonds is 5. The first-order chi connectivity index (χ1) is 12.4. The summed E-state index contributed by atoms with van der Waals surface area (Å²) in [5, 5.41) is 3.95. The number of benzene rings is 2. The number of hydrogen-bond acceptors (Lipinski definition) is 4. The van der Waals surface area contributed by atoms with Crippen molar-refractivity contribution in [3.8, 4) is 5.75 Å². The van der Waals surface area contributed by atoms with E-state index in [0.717, 1.165) is 20.3 Å². The van der Waals surface area contributed by atoms with E-state index in [1.54, 1.807) is 13.2 Å². The monoisotopic (exact) mass is 479 g/mol. The molecule has 0 spiro atoms. The van der Waals surface area contributed by atoms with Crippen molar-refractivity contribution in [3.05, 3.63) is 66.6 Å². The minimum absolute atomic E-state index is 0.0409. The van der Waals surface area contributed by atoms with Crippen LogP contribution in [0.2, 0.25) is 0 Å². The van der Waals surface area contributed by atoms with Crippen molar-refractivity contribution in [3.63, 3.8) is 0 Å². The molecule has 5 nitrogen and oxygen atoms in total. The number of H-pyrrole nitrogens is 1. The van der Waals surface area contributed by atoms with Crippen LogP contribution < -0.4 is 15.6 Å². The highest BCUT2D eigenvalue weighted by Gasteiger charge is 2.13. The summed E-state index contributed by atoms with van der Waals surface area (Å²) in [5.41, 5.74) is 2.73. The van der Waals surface area contributed by atoms with E-state index in [9.17, 15) is 4.79 Å². The number of nitrogens with zero attached hydrogens (tertiary/aromatic N) is 1. The molecule has 0 saturated carbocycles. The smallest absolute Gasteiger partial charge is 0.258 e. The number of halogens is 2. The van der Waals surface area contributed by atoms with Crippen molar-refractivity contribution in [2.75, 3.05) is 7.11 Å². The van der Waals surface area contributed by atoms with Crippen molar-refractivity contribution in [2.45, 2.75) is 26.4 Å². The molecule has 1 aromatic heterocycles. The quantitative estimate of drug-likeness (QED) is 0.559.